The van der Waals surface area contributed by atoms with Crippen LogP contribution in [0.25, 0.3) is 10.9 Å². The van der Waals surface area contributed by atoms with E-state index in [1.807, 2.05) is 20.8 Å². The minimum atomic E-state index is -0.522. The molecule has 1 atom stereocenters. The average molecular weight is 394 g/mol. The molecule has 1 aromatic carbocycles. The molecule has 0 N–H and O–H groups in total. The number of nitrogens with zero attached hydrogens (tertiary/aromatic N) is 3. The highest BCUT2D eigenvalue weighted by molar-refractivity contribution is 6.34. The molecule has 0 saturated carbocycles. The molecule has 1 aromatic heterocycles. The zero-order chi connectivity index (χ0) is 19.6. The van der Waals surface area contributed by atoms with Crippen LogP contribution in [0.5, 0.6) is 11.5 Å². The molecule has 0 bridgehead atoms. The molecule has 3 rings (SSSR count). The van der Waals surface area contributed by atoms with Crippen LogP contribution in [0.15, 0.2) is 18.5 Å². The molecule has 0 spiro atoms. The normalized spacial score (nSPS) is 17.7. The molecule has 146 valence electrons. The fourth-order valence-corrected chi connectivity index (χ4v) is 3.19. The molecule has 1 aliphatic rings. The van der Waals surface area contributed by atoms with Crippen LogP contribution in [0.4, 0.5) is 4.79 Å². The Labute approximate surface area is 163 Å². The summed E-state index contributed by atoms with van der Waals surface area (Å²) in [6.45, 7) is 6.69. The summed E-state index contributed by atoms with van der Waals surface area (Å²) < 4.78 is 17.1. The lowest BCUT2D eigenvalue weighted by Gasteiger charge is -2.34. The number of aromatic nitrogens is 2. The lowest BCUT2D eigenvalue weighted by atomic mass is 10.1. The van der Waals surface area contributed by atoms with Gasteiger partial charge in [-0.25, -0.2) is 14.8 Å². The van der Waals surface area contributed by atoms with Gasteiger partial charge in [-0.15, -0.1) is 0 Å². The first-order chi connectivity index (χ1) is 12.8. The number of hydrogen-bond acceptors (Lipinski definition) is 6. The van der Waals surface area contributed by atoms with Crippen LogP contribution >= 0.6 is 11.6 Å². The zero-order valence-corrected chi connectivity index (χ0v) is 16.7. The first kappa shape index (κ1) is 19.5. The van der Waals surface area contributed by atoms with Gasteiger partial charge in [0.15, 0.2) is 11.5 Å². The van der Waals surface area contributed by atoms with Crippen molar-refractivity contribution < 1.29 is 19.0 Å². The van der Waals surface area contributed by atoms with Gasteiger partial charge in [-0.3, -0.25) is 0 Å². The van der Waals surface area contributed by atoms with Crippen molar-refractivity contribution in [1.82, 2.24) is 14.9 Å². The highest BCUT2D eigenvalue weighted by Crippen LogP contribution is 2.35. The second-order valence-electron chi connectivity index (χ2n) is 7.49. The minimum Gasteiger partial charge on any atom is -0.493 e. The van der Waals surface area contributed by atoms with Crippen molar-refractivity contribution in [2.24, 2.45) is 0 Å². The van der Waals surface area contributed by atoms with Crippen molar-refractivity contribution in [1.29, 1.82) is 0 Å². The van der Waals surface area contributed by atoms with E-state index in [-0.39, 0.29) is 12.2 Å². The van der Waals surface area contributed by atoms with Crippen molar-refractivity contribution in [3.63, 3.8) is 0 Å². The van der Waals surface area contributed by atoms with Gasteiger partial charge < -0.3 is 19.1 Å². The average Bonchev–Trinajstić information content (AvgIpc) is 2.60. The van der Waals surface area contributed by atoms with E-state index >= 15 is 0 Å². The Morgan fingerprint density at radius 1 is 1.26 bits per heavy atom. The predicted molar refractivity (Wildman–Crippen MR) is 103 cm³/mol. The Bertz CT molecular complexity index is 838. The number of piperidine rings is 1. The number of benzene rings is 1. The van der Waals surface area contributed by atoms with Crippen LogP contribution in [0.1, 0.15) is 33.6 Å². The smallest absolute Gasteiger partial charge is 0.410 e. The number of methoxy groups -OCH3 is 1. The number of amides is 1. The van der Waals surface area contributed by atoms with Crippen molar-refractivity contribution in [2.45, 2.75) is 45.3 Å². The van der Waals surface area contributed by atoms with E-state index in [1.165, 1.54) is 6.33 Å². The molecule has 7 nitrogen and oxygen atoms in total. The van der Waals surface area contributed by atoms with Crippen molar-refractivity contribution >= 4 is 28.6 Å². The summed E-state index contributed by atoms with van der Waals surface area (Å²) in [6, 6.07) is 3.55. The fraction of sp³-hybridized carbons (Fsp3) is 0.526. The fourth-order valence-electron chi connectivity index (χ4n) is 2.99. The number of fused-ring (bicyclic) bond motifs is 1. The van der Waals surface area contributed by atoms with Gasteiger partial charge in [0.25, 0.3) is 0 Å². The topological polar surface area (TPSA) is 73.8 Å². The molecule has 27 heavy (non-hydrogen) atoms. The molecule has 0 unspecified atom stereocenters. The number of hydrogen-bond donors (Lipinski definition) is 0. The highest BCUT2D eigenvalue weighted by Gasteiger charge is 2.29. The molecule has 1 saturated heterocycles. The Balaban J connectivity index is 1.77. The van der Waals surface area contributed by atoms with Crippen LogP contribution in [0.3, 0.4) is 0 Å². The van der Waals surface area contributed by atoms with E-state index in [1.54, 1.807) is 24.1 Å². The minimum absolute atomic E-state index is 0.157. The van der Waals surface area contributed by atoms with Gasteiger partial charge >= 0.3 is 6.09 Å². The summed E-state index contributed by atoms with van der Waals surface area (Å²) in [5.74, 6) is 1.12. The lowest BCUT2D eigenvalue weighted by molar-refractivity contribution is 0.00753. The van der Waals surface area contributed by atoms with E-state index in [0.29, 0.717) is 40.6 Å². The predicted octanol–water partition coefficient (Wildman–Crippen LogP) is 4.07. The molecule has 0 aliphatic carbocycles. The second-order valence-corrected chi connectivity index (χ2v) is 7.85. The van der Waals surface area contributed by atoms with Crippen LogP contribution < -0.4 is 9.47 Å². The Kier molecular flexibility index (Phi) is 5.60. The number of ether oxygens (including phenoxy) is 3. The Morgan fingerprint density at radius 3 is 2.74 bits per heavy atom. The number of carbonyl (C=O) groups excluding carboxylic acids is 1. The lowest BCUT2D eigenvalue weighted by Crippen LogP contribution is -2.46. The Morgan fingerprint density at radius 2 is 2.04 bits per heavy atom. The molecular formula is C19H24ClN3O4. The third-order valence-electron chi connectivity index (χ3n) is 4.20. The van der Waals surface area contributed by atoms with Gasteiger partial charge in [0.05, 0.1) is 19.2 Å². The summed E-state index contributed by atoms with van der Waals surface area (Å²) in [7, 11) is 1.57. The van der Waals surface area contributed by atoms with E-state index in [0.717, 1.165) is 12.8 Å². The molecule has 1 fully saturated rings. The van der Waals surface area contributed by atoms with E-state index in [2.05, 4.69) is 9.97 Å². The molecule has 1 aliphatic heterocycles. The third-order valence-corrected chi connectivity index (χ3v) is 4.50. The van der Waals surface area contributed by atoms with Crippen molar-refractivity contribution in [3.05, 3.63) is 23.6 Å². The first-order valence-corrected chi connectivity index (χ1v) is 9.27. The SMILES string of the molecule is COc1cc2c(Cl)ncnc2cc1O[C@H]1CCCN(C(=O)OC(C)(C)C)C1. The maximum atomic E-state index is 12.3. The van der Waals surface area contributed by atoms with Crippen LogP contribution in [-0.4, -0.2) is 52.9 Å². The highest BCUT2D eigenvalue weighted by atomic mass is 35.5. The van der Waals surface area contributed by atoms with E-state index < -0.39 is 5.60 Å². The van der Waals surface area contributed by atoms with Crippen LogP contribution in [0, 0.1) is 0 Å². The maximum absolute atomic E-state index is 12.3. The van der Waals surface area contributed by atoms with Gasteiger partial charge in [-0.2, -0.15) is 0 Å². The largest absolute Gasteiger partial charge is 0.493 e. The first-order valence-electron chi connectivity index (χ1n) is 8.89. The molecular weight excluding hydrogens is 370 g/mol. The standard InChI is InChI=1S/C19H24ClN3O4/c1-19(2,3)27-18(24)23-7-5-6-12(10-23)26-16-9-14-13(8-15(16)25-4)17(20)22-11-21-14/h8-9,11-12H,5-7,10H2,1-4H3/t12-/m0/s1. The Hall–Kier alpha value is -2.28. The maximum Gasteiger partial charge on any atom is 0.410 e. The van der Waals surface area contributed by atoms with E-state index in [9.17, 15) is 4.79 Å². The quantitative estimate of drug-likeness (QED) is 0.732. The monoisotopic (exact) mass is 393 g/mol. The number of halogens is 1. The van der Waals surface area contributed by atoms with Gasteiger partial charge in [-0.1, -0.05) is 11.6 Å². The van der Waals surface area contributed by atoms with Crippen LogP contribution in [0.2, 0.25) is 5.15 Å². The molecule has 2 heterocycles. The molecule has 8 heteroatoms. The summed E-state index contributed by atoms with van der Waals surface area (Å²) in [6.07, 6.45) is 2.61. The number of likely N-dealkylation sites (tertiary alicyclic amines) is 1. The molecule has 1 amide bonds. The van der Waals surface area contributed by atoms with Gasteiger partial charge in [0, 0.05) is 18.0 Å². The van der Waals surface area contributed by atoms with Crippen molar-refractivity contribution in [3.8, 4) is 11.5 Å². The summed E-state index contributed by atoms with van der Waals surface area (Å²) in [5, 5.41) is 1.06. The van der Waals surface area contributed by atoms with Gasteiger partial charge in [0.2, 0.25) is 0 Å². The zero-order valence-electron chi connectivity index (χ0n) is 16.0. The van der Waals surface area contributed by atoms with Crippen LogP contribution in [-0.2, 0) is 4.74 Å². The summed E-state index contributed by atoms with van der Waals surface area (Å²) >= 11 is 6.13. The van der Waals surface area contributed by atoms with Crippen molar-refractivity contribution in [2.75, 3.05) is 20.2 Å². The number of carbonyl (C=O) groups is 1. The number of rotatable bonds is 3. The second kappa shape index (κ2) is 7.76. The molecule has 2 aromatic rings. The van der Waals surface area contributed by atoms with Gasteiger partial charge in [0.1, 0.15) is 23.2 Å². The third kappa shape index (κ3) is 4.71. The summed E-state index contributed by atoms with van der Waals surface area (Å²) in [4.78, 5) is 22.3. The summed E-state index contributed by atoms with van der Waals surface area (Å²) in [5.41, 5.74) is 0.149. The van der Waals surface area contributed by atoms with E-state index in [4.69, 9.17) is 25.8 Å². The van der Waals surface area contributed by atoms with Gasteiger partial charge in [-0.05, 0) is 39.7 Å². The molecule has 0 radical (unpaired) electrons.